The van der Waals surface area contributed by atoms with Gasteiger partial charge in [0.05, 0.1) is 10.5 Å². The Kier molecular flexibility index (Phi) is 8.23. The molecule has 206 valence electrons. The maximum absolute atomic E-state index is 13.6. The average Bonchev–Trinajstić information content (AvgIpc) is 3.30. The highest BCUT2D eigenvalue weighted by atomic mass is 32.2. The molecule has 2 saturated heterocycles. The number of benzene rings is 1. The van der Waals surface area contributed by atoms with Crippen LogP contribution in [0.25, 0.3) is 0 Å². The largest absolute Gasteiger partial charge is 0.339 e. The number of sulfonamides is 1. The molecule has 0 radical (unpaired) electrons. The summed E-state index contributed by atoms with van der Waals surface area (Å²) < 4.78 is 27.7. The van der Waals surface area contributed by atoms with E-state index in [0.29, 0.717) is 35.1 Å². The summed E-state index contributed by atoms with van der Waals surface area (Å²) in [5.41, 5.74) is 2.09. The zero-order valence-corrected chi connectivity index (χ0v) is 24.0. The van der Waals surface area contributed by atoms with Gasteiger partial charge in [-0.25, -0.2) is 8.42 Å². The summed E-state index contributed by atoms with van der Waals surface area (Å²) in [7, 11) is -3.58. The zero-order valence-electron chi connectivity index (χ0n) is 22.4. The molecule has 0 bridgehead atoms. The fourth-order valence-electron chi connectivity index (χ4n) is 5.62. The number of amides is 2. The van der Waals surface area contributed by atoms with Crippen molar-refractivity contribution in [1.82, 2.24) is 14.1 Å². The minimum atomic E-state index is -3.58. The first kappa shape index (κ1) is 27.3. The molecule has 2 aromatic rings. The van der Waals surface area contributed by atoms with Crippen LogP contribution in [-0.4, -0.2) is 73.6 Å². The van der Waals surface area contributed by atoms with E-state index < -0.39 is 10.0 Å². The minimum absolute atomic E-state index is 0.0136. The van der Waals surface area contributed by atoms with Crippen molar-refractivity contribution in [1.29, 1.82) is 0 Å². The summed E-state index contributed by atoms with van der Waals surface area (Å²) in [6.45, 7) is 9.47. The molecule has 10 heteroatoms. The van der Waals surface area contributed by atoms with Gasteiger partial charge in [-0.2, -0.15) is 4.31 Å². The first-order valence-electron chi connectivity index (χ1n) is 13.9. The lowest BCUT2D eigenvalue weighted by Crippen LogP contribution is -2.37. The molecule has 38 heavy (non-hydrogen) atoms. The zero-order chi connectivity index (χ0) is 26.9. The Morgan fingerprint density at radius 2 is 1.68 bits per heavy atom. The highest BCUT2D eigenvalue weighted by Gasteiger charge is 2.32. The molecule has 1 aromatic carbocycles. The maximum atomic E-state index is 13.6. The monoisotopic (exact) mass is 558 g/mol. The van der Waals surface area contributed by atoms with Gasteiger partial charge < -0.3 is 10.2 Å². The van der Waals surface area contributed by atoms with Crippen molar-refractivity contribution in [2.24, 2.45) is 5.92 Å². The van der Waals surface area contributed by atoms with E-state index in [0.717, 1.165) is 81.7 Å². The number of hydrogen-bond donors (Lipinski definition) is 1. The van der Waals surface area contributed by atoms with Crippen molar-refractivity contribution in [2.75, 3.05) is 44.6 Å². The quantitative estimate of drug-likeness (QED) is 0.567. The van der Waals surface area contributed by atoms with Gasteiger partial charge in [0.15, 0.2) is 0 Å². The molecule has 0 atom stereocenters. The number of likely N-dealkylation sites (tertiary alicyclic amines) is 1. The molecule has 3 aliphatic rings. The fourth-order valence-corrected chi connectivity index (χ4v) is 8.37. The number of fused-ring (bicyclic) bond motifs is 1. The molecule has 1 aromatic heterocycles. The van der Waals surface area contributed by atoms with E-state index in [1.807, 2.05) is 4.90 Å². The second-order valence-corrected chi connectivity index (χ2v) is 13.8. The van der Waals surface area contributed by atoms with E-state index in [2.05, 4.69) is 24.1 Å². The Hall–Kier alpha value is -2.27. The predicted molar refractivity (Wildman–Crippen MR) is 150 cm³/mol. The Balaban J connectivity index is 1.37. The third-order valence-corrected chi connectivity index (χ3v) is 11.2. The average molecular weight is 559 g/mol. The van der Waals surface area contributed by atoms with Crippen molar-refractivity contribution in [2.45, 2.75) is 63.8 Å². The Morgan fingerprint density at radius 3 is 2.34 bits per heavy atom. The molecule has 0 spiro atoms. The van der Waals surface area contributed by atoms with Crippen LogP contribution in [0.15, 0.2) is 29.2 Å². The van der Waals surface area contributed by atoms with Crippen molar-refractivity contribution < 1.29 is 18.0 Å². The summed E-state index contributed by atoms with van der Waals surface area (Å²) in [6, 6.07) is 6.15. The highest BCUT2D eigenvalue weighted by Crippen LogP contribution is 2.38. The minimum Gasteiger partial charge on any atom is -0.339 e. The first-order valence-corrected chi connectivity index (χ1v) is 16.1. The molecule has 8 nitrogen and oxygen atoms in total. The van der Waals surface area contributed by atoms with Crippen molar-refractivity contribution in [3.05, 3.63) is 45.8 Å². The van der Waals surface area contributed by atoms with Gasteiger partial charge >= 0.3 is 0 Å². The number of nitrogens with zero attached hydrogens (tertiary/aromatic N) is 3. The van der Waals surface area contributed by atoms with Crippen LogP contribution < -0.4 is 5.32 Å². The lowest BCUT2D eigenvalue weighted by molar-refractivity contribution is 0.0724. The van der Waals surface area contributed by atoms with E-state index in [9.17, 15) is 18.0 Å². The van der Waals surface area contributed by atoms with Crippen molar-refractivity contribution in [3.63, 3.8) is 0 Å². The molecular formula is C28H38N4O4S2. The van der Waals surface area contributed by atoms with Crippen LogP contribution in [0.1, 0.15) is 77.1 Å². The van der Waals surface area contributed by atoms with E-state index in [4.69, 9.17) is 0 Å². The van der Waals surface area contributed by atoms with Crippen molar-refractivity contribution >= 4 is 38.2 Å². The molecule has 3 aliphatic heterocycles. The number of anilines is 1. The smallest absolute Gasteiger partial charge is 0.257 e. The van der Waals surface area contributed by atoms with Crippen LogP contribution in [0, 0.1) is 5.92 Å². The van der Waals surface area contributed by atoms with Gasteiger partial charge in [-0.15, -0.1) is 11.3 Å². The molecule has 0 saturated carbocycles. The third-order valence-electron chi connectivity index (χ3n) is 8.16. The van der Waals surface area contributed by atoms with Crippen molar-refractivity contribution in [3.8, 4) is 0 Å². The van der Waals surface area contributed by atoms with Crippen LogP contribution in [-0.2, 0) is 23.0 Å². The number of nitrogens with one attached hydrogen (secondary N) is 1. The lowest BCUT2D eigenvalue weighted by Gasteiger charge is -2.29. The second kappa shape index (κ2) is 11.5. The molecule has 2 fully saturated rings. The fraction of sp³-hybridized carbons (Fsp3) is 0.571. The first-order chi connectivity index (χ1) is 18.3. The van der Waals surface area contributed by atoms with Crippen LogP contribution in [0.3, 0.4) is 0 Å². The van der Waals surface area contributed by atoms with E-state index in [1.165, 1.54) is 27.8 Å². The molecule has 4 heterocycles. The number of piperidine rings is 2. The molecule has 0 aliphatic carbocycles. The third kappa shape index (κ3) is 5.54. The number of carbonyl (C=O) groups excluding carboxylic acids is 2. The number of rotatable bonds is 6. The topological polar surface area (TPSA) is 90.0 Å². The molecular weight excluding hydrogens is 520 g/mol. The van der Waals surface area contributed by atoms with Gasteiger partial charge in [0.1, 0.15) is 5.00 Å². The SMILES string of the molecule is CCN1CCc2c(sc(NC(=O)c3ccc(S(=O)(=O)N4CCC(C)CC4)cc3)c2C(=O)N2CCCCC2)C1. The number of carbonyl (C=O) groups is 2. The van der Waals surface area contributed by atoms with E-state index in [1.54, 1.807) is 12.1 Å². The number of thiophene rings is 1. The number of hydrogen-bond acceptors (Lipinski definition) is 6. The molecule has 1 N–H and O–H groups in total. The lowest BCUT2D eigenvalue weighted by atomic mass is 10.0. The van der Waals surface area contributed by atoms with Gasteiger partial charge in [0, 0.05) is 49.7 Å². The van der Waals surface area contributed by atoms with Gasteiger partial charge in [-0.1, -0.05) is 13.8 Å². The Labute approximate surface area is 230 Å². The Morgan fingerprint density at radius 1 is 1.00 bits per heavy atom. The van der Waals surface area contributed by atoms with Crippen LogP contribution >= 0.6 is 11.3 Å². The summed E-state index contributed by atoms with van der Waals surface area (Å²) in [5, 5.41) is 3.62. The van der Waals surface area contributed by atoms with Gasteiger partial charge in [0.2, 0.25) is 10.0 Å². The summed E-state index contributed by atoms with van der Waals surface area (Å²) in [6.07, 6.45) is 5.68. The summed E-state index contributed by atoms with van der Waals surface area (Å²) in [5.74, 6) is 0.214. The Bertz CT molecular complexity index is 1270. The van der Waals surface area contributed by atoms with E-state index in [-0.39, 0.29) is 16.7 Å². The van der Waals surface area contributed by atoms with E-state index >= 15 is 0 Å². The highest BCUT2D eigenvalue weighted by molar-refractivity contribution is 7.89. The van der Waals surface area contributed by atoms with Crippen LogP contribution in [0.5, 0.6) is 0 Å². The molecule has 5 rings (SSSR count). The van der Waals surface area contributed by atoms with Gasteiger partial charge in [-0.3, -0.25) is 14.5 Å². The summed E-state index contributed by atoms with van der Waals surface area (Å²) >= 11 is 1.50. The van der Waals surface area contributed by atoms with Gasteiger partial charge in [0.25, 0.3) is 11.8 Å². The summed E-state index contributed by atoms with van der Waals surface area (Å²) in [4.78, 5) is 32.6. The van der Waals surface area contributed by atoms with Crippen LogP contribution in [0.2, 0.25) is 0 Å². The van der Waals surface area contributed by atoms with Crippen LogP contribution in [0.4, 0.5) is 5.00 Å². The predicted octanol–water partition coefficient (Wildman–Crippen LogP) is 4.43. The molecule has 0 unspecified atom stereocenters. The number of likely N-dealkylation sites (N-methyl/N-ethyl adjacent to an activating group) is 1. The normalized spacial score (nSPS) is 19.8. The standard InChI is InChI=1S/C28H38N4O4S2/c1-3-30-16-13-23-24(19-30)37-27(25(23)28(34)31-14-5-4-6-15-31)29-26(33)21-7-9-22(10-8-21)38(35,36)32-17-11-20(2)12-18-32/h7-10,20H,3-6,11-19H2,1-2H3,(H,29,33). The maximum Gasteiger partial charge on any atom is 0.257 e. The second-order valence-electron chi connectivity index (χ2n) is 10.7. The molecule has 2 amide bonds. The van der Waals surface area contributed by atoms with Gasteiger partial charge in [-0.05, 0) is 80.8 Å².